The second-order valence-corrected chi connectivity index (χ2v) is 4.90. The first-order chi connectivity index (χ1) is 8.62. The summed E-state index contributed by atoms with van der Waals surface area (Å²) >= 11 is 0. The Kier molecular flexibility index (Phi) is 6.97. The molecule has 0 fully saturated rings. The summed E-state index contributed by atoms with van der Waals surface area (Å²) in [5.74, 6) is -2.12. The Labute approximate surface area is 114 Å². The van der Waals surface area contributed by atoms with Gasteiger partial charge in [-0.1, -0.05) is 18.2 Å². The molecule has 0 aliphatic carbocycles. The number of aliphatic hydroxyl groups excluding tert-OH is 1. The van der Waals surface area contributed by atoms with E-state index in [2.05, 4.69) is 11.3 Å². The number of methoxy groups -OCH3 is 1. The fraction of sp³-hybridized carbons (Fsp3) is 0.643. The first kappa shape index (κ1) is 17.8. The normalized spacial score (nSPS) is 15.8. The number of carbonyl (C=O) groups excluding carboxylic acids is 1. The molecule has 0 aliphatic heterocycles. The first-order valence-electron chi connectivity index (χ1n) is 6.09. The van der Waals surface area contributed by atoms with E-state index < -0.39 is 24.0 Å². The van der Waals surface area contributed by atoms with Crippen molar-refractivity contribution in [1.82, 2.24) is 0 Å². The van der Waals surface area contributed by atoms with Gasteiger partial charge in [-0.15, -0.1) is 0 Å². The molecule has 5 heteroatoms. The maximum Gasteiger partial charge on any atom is 0.335 e. The maximum absolute atomic E-state index is 11.4. The molecule has 0 amide bonds. The van der Waals surface area contributed by atoms with Crippen molar-refractivity contribution in [2.24, 2.45) is 0 Å². The third-order valence-electron chi connectivity index (χ3n) is 2.61. The summed E-state index contributed by atoms with van der Waals surface area (Å²) in [6, 6.07) is 0. The standard InChI is InChI=1S/C14H24O5/c1-7-9(2)8-11(19-14(4,5)17)12(15)10(3)13(16)18-6/h7,11-12,15,17H,3,8H2,1-2,4-6H3/b9-7-/t11-,12?/m1/s1. The Balaban J connectivity index is 5.01. The SMILES string of the molecule is C=C(C(=O)OC)C(O)[C@@H](C/C(C)=C\C)OC(C)(C)O. The Morgan fingerprint density at radius 3 is 2.37 bits per heavy atom. The van der Waals surface area contributed by atoms with Gasteiger partial charge in [0.2, 0.25) is 0 Å². The Morgan fingerprint density at radius 2 is 2.00 bits per heavy atom. The Morgan fingerprint density at radius 1 is 1.47 bits per heavy atom. The van der Waals surface area contributed by atoms with Gasteiger partial charge in [0.05, 0.1) is 18.8 Å². The van der Waals surface area contributed by atoms with E-state index in [0.717, 1.165) is 5.57 Å². The van der Waals surface area contributed by atoms with E-state index >= 15 is 0 Å². The van der Waals surface area contributed by atoms with Crippen molar-refractivity contribution in [2.75, 3.05) is 7.11 Å². The fourth-order valence-electron chi connectivity index (χ4n) is 1.50. The molecule has 0 aliphatic rings. The highest BCUT2D eigenvalue weighted by Gasteiger charge is 2.31. The molecule has 0 spiro atoms. The van der Waals surface area contributed by atoms with Crippen LogP contribution in [0.2, 0.25) is 0 Å². The van der Waals surface area contributed by atoms with Crippen LogP contribution in [-0.4, -0.2) is 41.3 Å². The molecule has 0 saturated heterocycles. The van der Waals surface area contributed by atoms with Crippen LogP contribution in [0, 0.1) is 0 Å². The molecule has 0 saturated carbocycles. The lowest BCUT2D eigenvalue weighted by molar-refractivity contribution is -0.221. The van der Waals surface area contributed by atoms with E-state index in [1.165, 1.54) is 21.0 Å². The summed E-state index contributed by atoms with van der Waals surface area (Å²) < 4.78 is 9.90. The molecule has 110 valence electrons. The van der Waals surface area contributed by atoms with Crippen LogP contribution in [-0.2, 0) is 14.3 Å². The molecular weight excluding hydrogens is 248 g/mol. The molecule has 0 aromatic carbocycles. The number of hydrogen-bond acceptors (Lipinski definition) is 5. The average molecular weight is 272 g/mol. The van der Waals surface area contributed by atoms with E-state index in [1.54, 1.807) is 0 Å². The van der Waals surface area contributed by atoms with E-state index in [1.807, 2.05) is 19.9 Å². The predicted molar refractivity (Wildman–Crippen MR) is 72.4 cm³/mol. The van der Waals surface area contributed by atoms with Crippen LogP contribution in [0.15, 0.2) is 23.8 Å². The summed E-state index contributed by atoms with van der Waals surface area (Å²) in [4.78, 5) is 11.4. The molecule has 2 atom stereocenters. The number of ether oxygens (including phenoxy) is 2. The van der Waals surface area contributed by atoms with Gasteiger partial charge in [0.15, 0.2) is 5.79 Å². The van der Waals surface area contributed by atoms with Crippen LogP contribution < -0.4 is 0 Å². The molecule has 0 heterocycles. The van der Waals surface area contributed by atoms with Crippen LogP contribution in [0.25, 0.3) is 0 Å². The van der Waals surface area contributed by atoms with Crippen LogP contribution in [0.5, 0.6) is 0 Å². The molecule has 0 aromatic heterocycles. The van der Waals surface area contributed by atoms with Gasteiger partial charge >= 0.3 is 5.97 Å². The molecule has 5 nitrogen and oxygen atoms in total. The Bertz CT molecular complexity index is 351. The van der Waals surface area contributed by atoms with Crippen molar-refractivity contribution >= 4 is 5.97 Å². The molecule has 0 aromatic rings. The van der Waals surface area contributed by atoms with E-state index in [-0.39, 0.29) is 5.57 Å². The van der Waals surface area contributed by atoms with Gasteiger partial charge in [-0.3, -0.25) is 0 Å². The number of esters is 1. The zero-order valence-corrected chi connectivity index (χ0v) is 12.3. The topological polar surface area (TPSA) is 76.0 Å². The lowest BCUT2D eigenvalue weighted by Gasteiger charge is -2.30. The van der Waals surface area contributed by atoms with Gasteiger partial charge in [0.1, 0.15) is 6.10 Å². The summed E-state index contributed by atoms with van der Waals surface area (Å²) in [6.45, 7) is 10.1. The van der Waals surface area contributed by atoms with E-state index in [0.29, 0.717) is 6.42 Å². The van der Waals surface area contributed by atoms with Crippen molar-refractivity contribution < 1.29 is 24.5 Å². The van der Waals surface area contributed by atoms with Crippen molar-refractivity contribution in [3.63, 3.8) is 0 Å². The molecule has 2 N–H and O–H groups in total. The number of hydrogen-bond donors (Lipinski definition) is 2. The van der Waals surface area contributed by atoms with Gasteiger partial charge in [-0.05, 0) is 34.1 Å². The second kappa shape index (κ2) is 7.43. The smallest absolute Gasteiger partial charge is 0.335 e. The van der Waals surface area contributed by atoms with Gasteiger partial charge in [-0.2, -0.15) is 0 Å². The molecule has 0 bridgehead atoms. The second-order valence-electron chi connectivity index (χ2n) is 4.90. The van der Waals surface area contributed by atoms with Crippen molar-refractivity contribution in [2.45, 2.75) is 52.1 Å². The highest BCUT2D eigenvalue weighted by Crippen LogP contribution is 2.21. The van der Waals surface area contributed by atoms with Crippen LogP contribution in [0.4, 0.5) is 0 Å². The van der Waals surface area contributed by atoms with Crippen LogP contribution in [0.1, 0.15) is 34.1 Å². The summed E-state index contributed by atoms with van der Waals surface area (Å²) in [7, 11) is 1.21. The minimum Gasteiger partial charge on any atom is -0.466 e. The number of allylic oxidation sites excluding steroid dienone is 1. The third kappa shape index (κ3) is 6.52. The number of rotatable bonds is 7. The minimum absolute atomic E-state index is 0.0966. The van der Waals surface area contributed by atoms with Crippen molar-refractivity contribution in [3.8, 4) is 0 Å². The summed E-state index contributed by atoms with van der Waals surface area (Å²) in [5.41, 5.74) is 0.867. The lowest BCUT2D eigenvalue weighted by atomic mass is 9.99. The van der Waals surface area contributed by atoms with E-state index in [4.69, 9.17) is 4.74 Å². The van der Waals surface area contributed by atoms with Gasteiger partial charge in [0.25, 0.3) is 0 Å². The highest BCUT2D eigenvalue weighted by atomic mass is 16.6. The monoisotopic (exact) mass is 272 g/mol. The van der Waals surface area contributed by atoms with Gasteiger partial charge < -0.3 is 19.7 Å². The predicted octanol–water partition coefficient (Wildman–Crippen LogP) is 1.55. The first-order valence-corrected chi connectivity index (χ1v) is 6.09. The quantitative estimate of drug-likeness (QED) is 0.318. The number of aliphatic hydroxyl groups is 2. The fourth-order valence-corrected chi connectivity index (χ4v) is 1.50. The van der Waals surface area contributed by atoms with Crippen LogP contribution >= 0.6 is 0 Å². The molecule has 0 radical (unpaired) electrons. The zero-order valence-electron chi connectivity index (χ0n) is 12.3. The summed E-state index contributed by atoms with van der Waals surface area (Å²) in [5, 5.41) is 19.8. The van der Waals surface area contributed by atoms with Crippen molar-refractivity contribution in [1.29, 1.82) is 0 Å². The molecular formula is C14H24O5. The molecule has 1 unspecified atom stereocenters. The zero-order chi connectivity index (χ0) is 15.2. The van der Waals surface area contributed by atoms with Crippen molar-refractivity contribution in [3.05, 3.63) is 23.8 Å². The largest absolute Gasteiger partial charge is 0.466 e. The van der Waals surface area contributed by atoms with E-state index in [9.17, 15) is 15.0 Å². The van der Waals surface area contributed by atoms with Crippen LogP contribution in [0.3, 0.4) is 0 Å². The minimum atomic E-state index is -1.42. The maximum atomic E-state index is 11.4. The molecule has 19 heavy (non-hydrogen) atoms. The third-order valence-corrected chi connectivity index (χ3v) is 2.61. The molecule has 0 rings (SSSR count). The lowest BCUT2D eigenvalue weighted by Crippen LogP contribution is -2.40. The van der Waals surface area contributed by atoms with Gasteiger partial charge in [-0.25, -0.2) is 4.79 Å². The summed E-state index contributed by atoms with van der Waals surface area (Å²) in [6.07, 6.45) is 0.225. The van der Waals surface area contributed by atoms with Gasteiger partial charge in [0, 0.05) is 0 Å². The average Bonchev–Trinajstić information content (AvgIpc) is 2.33. The highest BCUT2D eigenvalue weighted by molar-refractivity contribution is 5.88. The number of carbonyl (C=O) groups is 1. The Hall–Kier alpha value is -1.17.